The molecule has 0 radical (unpaired) electrons. The van der Waals surface area contributed by atoms with Crippen LogP contribution in [0.5, 0.6) is 0 Å². The molecule has 3 N–H and O–H groups in total. The molecule has 0 spiro atoms. The Bertz CT molecular complexity index is 337. The van der Waals surface area contributed by atoms with Crippen molar-refractivity contribution in [3.05, 3.63) is 29.8 Å². The van der Waals surface area contributed by atoms with E-state index in [-0.39, 0.29) is 0 Å². The highest BCUT2D eigenvalue weighted by molar-refractivity contribution is 5.40. The molecule has 1 rings (SSSR count). The van der Waals surface area contributed by atoms with E-state index < -0.39 is 0 Å². The van der Waals surface area contributed by atoms with Crippen LogP contribution in [0.15, 0.2) is 24.3 Å². The molecule has 0 aliphatic rings. The number of hydrogen-bond donors (Lipinski definition) is 2. The molecule has 0 unspecified atom stereocenters. The number of nitrogens with two attached hydrogens (primary N) is 1. The number of nitrogen functional groups attached to an aromatic ring is 1. The van der Waals surface area contributed by atoms with Crippen LogP contribution in [0, 0.1) is 17.8 Å². The second-order valence-corrected chi connectivity index (χ2v) is 5.85. The molecule has 102 valence electrons. The third kappa shape index (κ3) is 5.09. The van der Waals surface area contributed by atoms with Gasteiger partial charge in [-0.25, -0.2) is 0 Å². The average Bonchev–Trinajstić information content (AvgIpc) is 2.27. The van der Waals surface area contributed by atoms with E-state index in [4.69, 9.17) is 5.73 Å². The summed E-state index contributed by atoms with van der Waals surface area (Å²) in [7, 11) is 0. The predicted molar refractivity (Wildman–Crippen MR) is 80.6 cm³/mol. The maximum atomic E-state index is 5.77. The Morgan fingerprint density at radius 1 is 1.11 bits per heavy atom. The molecule has 0 fully saturated rings. The predicted octanol–water partition coefficient (Wildman–Crippen LogP) is 3.33. The first-order valence-electron chi connectivity index (χ1n) is 7.06. The summed E-state index contributed by atoms with van der Waals surface area (Å²) in [6.45, 7) is 11.4. The van der Waals surface area contributed by atoms with Gasteiger partial charge in [0.1, 0.15) is 0 Å². The van der Waals surface area contributed by atoms with Crippen LogP contribution in [0.4, 0.5) is 5.69 Å². The maximum Gasteiger partial charge on any atom is 0.0316 e. The molecule has 0 atom stereocenters. The number of anilines is 1. The minimum atomic E-state index is 0.741. The van der Waals surface area contributed by atoms with Gasteiger partial charge in [-0.15, -0.1) is 0 Å². The highest BCUT2D eigenvalue weighted by Crippen LogP contribution is 2.19. The molecular weight excluding hydrogens is 220 g/mol. The van der Waals surface area contributed by atoms with Crippen LogP contribution in [-0.2, 0) is 6.42 Å². The summed E-state index contributed by atoms with van der Waals surface area (Å²) in [4.78, 5) is 0. The minimum Gasteiger partial charge on any atom is -0.399 e. The molecule has 0 aliphatic heterocycles. The van der Waals surface area contributed by atoms with Crippen molar-refractivity contribution in [2.75, 3.05) is 18.8 Å². The lowest BCUT2D eigenvalue weighted by molar-refractivity contribution is 0.277. The third-order valence-corrected chi connectivity index (χ3v) is 3.63. The van der Waals surface area contributed by atoms with E-state index in [0.717, 1.165) is 43.0 Å². The Morgan fingerprint density at radius 2 is 1.78 bits per heavy atom. The largest absolute Gasteiger partial charge is 0.399 e. The summed E-state index contributed by atoms with van der Waals surface area (Å²) in [6.07, 6.45) is 1.05. The SMILES string of the molecule is CC(C)C(CNCCc1cccc(N)c1)C(C)C. The lowest BCUT2D eigenvalue weighted by Gasteiger charge is -2.25. The third-order valence-electron chi connectivity index (χ3n) is 3.63. The summed E-state index contributed by atoms with van der Waals surface area (Å²) in [5.41, 5.74) is 7.94. The first kappa shape index (κ1) is 15.0. The number of rotatable bonds is 7. The van der Waals surface area contributed by atoms with Gasteiger partial charge in [0, 0.05) is 5.69 Å². The molecule has 1 aromatic rings. The fourth-order valence-corrected chi connectivity index (χ4v) is 2.49. The van der Waals surface area contributed by atoms with Crippen molar-refractivity contribution in [3.8, 4) is 0 Å². The fourth-order valence-electron chi connectivity index (χ4n) is 2.49. The Hall–Kier alpha value is -1.02. The zero-order valence-corrected chi connectivity index (χ0v) is 12.2. The molecule has 0 aromatic heterocycles. The molecule has 0 aliphatic carbocycles. The first-order valence-corrected chi connectivity index (χ1v) is 7.06. The van der Waals surface area contributed by atoms with Gasteiger partial charge in [0.2, 0.25) is 0 Å². The molecule has 0 heterocycles. The zero-order valence-electron chi connectivity index (χ0n) is 12.2. The van der Waals surface area contributed by atoms with Crippen molar-refractivity contribution < 1.29 is 0 Å². The summed E-state index contributed by atoms with van der Waals surface area (Å²) >= 11 is 0. The van der Waals surface area contributed by atoms with E-state index in [2.05, 4.69) is 45.1 Å². The van der Waals surface area contributed by atoms with Crippen LogP contribution in [-0.4, -0.2) is 13.1 Å². The molecule has 0 amide bonds. The van der Waals surface area contributed by atoms with E-state index in [1.807, 2.05) is 12.1 Å². The number of nitrogens with one attached hydrogen (secondary N) is 1. The molecule has 18 heavy (non-hydrogen) atoms. The van der Waals surface area contributed by atoms with Gasteiger partial charge in [0.15, 0.2) is 0 Å². The van der Waals surface area contributed by atoms with Gasteiger partial charge >= 0.3 is 0 Å². The lowest BCUT2D eigenvalue weighted by atomic mass is 9.85. The van der Waals surface area contributed by atoms with Gasteiger partial charge in [-0.05, 0) is 55.0 Å². The van der Waals surface area contributed by atoms with Gasteiger partial charge in [-0.2, -0.15) is 0 Å². The highest BCUT2D eigenvalue weighted by atomic mass is 14.9. The average molecular weight is 248 g/mol. The Kier molecular flexibility index (Phi) is 6.20. The van der Waals surface area contributed by atoms with Crippen molar-refractivity contribution in [2.45, 2.75) is 34.1 Å². The van der Waals surface area contributed by atoms with Crippen molar-refractivity contribution in [3.63, 3.8) is 0 Å². The van der Waals surface area contributed by atoms with E-state index in [9.17, 15) is 0 Å². The van der Waals surface area contributed by atoms with E-state index in [1.54, 1.807) is 0 Å². The first-order chi connectivity index (χ1) is 8.50. The Balaban J connectivity index is 2.30. The monoisotopic (exact) mass is 248 g/mol. The highest BCUT2D eigenvalue weighted by Gasteiger charge is 2.16. The van der Waals surface area contributed by atoms with Gasteiger partial charge in [-0.1, -0.05) is 39.8 Å². The quantitative estimate of drug-likeness (QED) is 0.574. The molecular formula is C16H28N2. The smallest absolute Gasteiger partial charge is 0.0316 e. The van der Waals surface area contributed by atoms with Crippen LogP contribution >= 0.6 is 0 Å². The second kappa shape index (κ2) is 7.42. The summed E-state index contributed by atoms with van der Waals surface area (Å²) < 4.78 is 0. The van der Waals surface area contributed by atoms with Gasteiger partial charge < -0.3 is 11.1 Å². The van der Waals surface area contributed by atoms with Gasteiger partial charge in [-0.3, -0.25) is 0 Å². The van der Waals surface area contributed by atoms with Crippen LogP contribution in [0.2, 0.25) is 0 Å². The van der Waals surface area contributed by atoms with Crippen molar-refractivity contribution in [1.29, 1.82) is 0 Å². The van der Waals surface area contributed by atoms with E-state index in [0.29, 0.717) is 0 Å². The van der Waals surface area contributed by atoms with E-state index >= 15 is 0 Å². The van der Waals surface area contributed by atoms with Crippen molar-refractivity contribution in [2.24, 2.45) is 17.8 Å². The maximum absolute atomic E-state index is 5.77. The molecule has 0 saturated carbocycles. The van der Waals surface area contributed by atoms with Gasteiger partial charge in [0.25, 0.3) is 0 Å². The Morgan fingerprint density at radius 3 is 2.33 bits per heavy atom. The second-order valence-electron chi connectivity index (χ2n) is 5.85. The normalized spacial score (nSPS) is 11.7. The van der Waals surface area contributed by atoms with Crippen LogP contribution in [0.25, 0.3) is 0 Å². The Labute approximate surface area is 112 Å². The molecule has 2 heteroatoms. The van der Waals surface area contributed by atoms with Crippen molar-refractivity contribution >= 4 is 5.69 Å². The summed E-state index contributed by atoms with van der Waals surface area (Å²) in [5, 5.41) is 3.58. The number of benzene rings is 1. The van der Waals surface area contributed by atoms with Crippen LogP contribution in [0.1, 0.15) is 33.3 Å². The standard InChI is InChI=1S/C16H28N2/c1-12(2)16(13(3)4)11-18-9-8-14-6-5-7-15(17)10-14/h5-7,10,12-13,16,18H,8-9,11,17H2,1-4H3. The molecule has 1 aromatic carbocycles. The summed E-state index contributed by atoms with van der Waals surface area (Å²) in [6, 6.07) is 8.16. The van der Waals surface area contributed by atoms with Crippen LogP contribution in [0.3, 0.4) is 0 Å². The van der Waals surface area contributed by atoms with Gasteiger partial charge in [0.05, 0.1) is 0 Å². The molecule has 0 bridgehead atoms. The molecule has 2 nitrogen and oxygen atoms in total. The van der Waals surface area contributed by atoms with E-state index in [1.165, 1.54) is 5.56 Å². The zero-order chi connectivity index (χ0) is 13.5. The van der Waals surface area contributed by atoms with Crippen molar-refractivity contribution in [1.82, 2.24) is 5.32 Å². The molecule has 0 saturated heterocycles. The minimum absolute atomic E-state index is 0.741. The lowest BCUT2D eigenvalue weighted by Crippen LogP contribution is -2.31. The summed E-state index contributed by atoms with van der Waals surface area (Å²) in [5.74, 6) is 2.24. The van der Waals surface area contributed by atoms with Crippen LogP contribution < -0.4 is 11.1 Å². The topological polar surface area (TPSA) is 38.0 Å². The number of hydrogen-bond acceptors (Lipinski definition) is 2. The fraction of sp³-hybridized carbons (Fsp3) is 0.625.